The van der Waals surface area contributed by atoms with Crippen LogP contribution >= 0.6 is 0 Å². The summed E-state index contributed by atoms with van der Waals surface area (Å²) in [5, 5.41) is 10.9. The molecule has 2 aromatic carbocycles. The molecular formula is C23H25N3O8. The highest BCUT2D eigenvalue weighted by molar-refractivity contribution is 6.23. The quantitative estimate of drug-likeness (QED) is 0.224. The standard InChI is InChI=1S/C23H25N3O8/c1-4-34-18-11-9-16(10-12-18)25-20(27)13-19(23(25)29)24(14-21(32-2)33-3)22(28)15-5-7-17(8-6-15)26(30)31/h5-12,19,21H,4,13-14H2,1-3H3. The topological polar surface area (TPSA) is 129 Å². The summed E-state index contributed by atoms with van der Waals surface area (Å²) in [6.45, 7) is 2.18. The highest BCUT2D eigenvalue weighted by atomic mass is 16.7. The number of anilines is 1. The monoisotopic (exact) mass is 471 g/mol. The molecule has 34 heavy (non-hydrogen) atoms. The molecule has 11 heteroatoms. The van der Waals surface area contributed by atoms with Crippen LogP contribution in [0.15, 0.2) is 48.5 Å². The molecule has 1 aliphatic heterocycles. The second-order valence-electron chi connectivity index (χ2n) is 7.38. The molecular weight excluding hydrogens is 446 g/mol. The predicted octanol–water partition coefficient (Wildman–Crippen LogP) is 2.39. The van der Waals surface area contributed by atoms with E-state index in [4.69, 9.17) is 14.2 Å². The maximum atomic E-state index is 13.3. The van der Waals surface area contributed by atoms with E-state index in [1.54, 1.807) is 24.3 Å². The lowest BCUT2D eigenvalue weighted by Gasteiger charge is -2.30. The van der Waals surface area contributed by atoms with Crippen molar-refractivity contribution in [1.29, 1.82) is 0 Å². The van der Waals surface area contributed by atoms with Gasteiger partial charge in [0.2, 0.25) is 5.91 Å². The second-order valence-corrected chi connectivity index (χ2v) is 7.38. The second kappa shape index (κ2) is 10.9. The normalized spacial score (nSPS) is 15.6. The molecule has 3 rings (SSSR count). The first-order valence-corrected chi connectivity index (χ1v) is 10.5. The number of benzene rings is 2. The van der Waals surface area contributed by atoms with E-state index < -0.39 is 35.0 Å². The molecule has 1 aliphatic rings. The number of non-ortho nitro benzene ring substituents is 1. The van der Waals surface area contributed by atoms with Crippen LogP contribution in [0.5, 0.6) is 5.75 Å². The summed E-state index contributed by atoms with van der Waals surface area (Å²) in [6.07, 6.45) is -1.09. The molecule has 180 valence electrons. The van der Waals surface area contributed by atoms with Gasteiger partial charge in [-0.2, -0.15) is 0 Å². The van der Waals surface area contributed by atoms with Gasteiger partial charge in [0.15, 0.2) is 6.29 Å². The summed E-state index contributed by atoms with van der Waals surface area (Å²) in [5.41, 5.74) is 0.304. The first-order valence-electron chi connectivity index (χ1n) is 10.5. The number of nitrogens with zero attached hydrogens (tertiary/aromatic N) is 3. The lowest BCUT2D eigenvalue weighted by atomic mass is 10.1. The lowest BCUT2D eigenvalue weighted by molar-refractivity contribution is -0.384. The Morgan fingerprint density at radius 2 is 1.74 bits per heavy atom. The third-order valence-corrected chi connectivity index (χ3v) is 5.36. The smallest absolute Gasteiger partial charge is 0.269 e. The highest BCUT2D eigenvalue weighted by Gasteiger charge is 2.45. The minimum atomic E-state index is -1.10. The fourth-order valence-corrected chi connectivity index (χ4v) is 3.64. The molecule has 3 amide bonds. The molecule has 0 radical (unpaired) electrons. The van der Waals surface area contributed by atoms with Gasteiger partial charge in [0, 0.05) is 31.9 Å². The van der Waals surface area contributed by atoms with Gasteiger partial charge in [0.05, 0.1) is 30.2 Å². The Bertz CT molecular complexity index is 1050. The minimum absolute atomic E-state index is 0.122. The third kappa shape index (κ3) is 5.21. The lowest BCUT2D eigenvalue weighted by Crippen LogP contribution is -2.49. The Labute approximate surface area is 195 Å². The van der Waals surface area contributed by atoms with E-state index in [1.165, 1.54) is 43.4 Å². The largest absolute Gasteiger partial charge is 0.494 e. The first kappa shape index (κ1) is 24.8. The van der Waals surface area contributed by atoms with E-state index in [1.807, 2.05) is 6.92 Å². The average Bonchev–Trinajstić information content (AvgIpc) is 3.14. The van der Waals surface area contributed by atoms with Crippen molar-refractivity contribution in [2.45, 2.75) is 25.7 Å². The molecule has 11 nitrogen and oxygen atoms in total. The summed E-state index contributed by atoms with van der Waals surface area (Å²) in [4.78, 5) is 52.1. The van der Waals surface area contributed by atoms with Crippen LogP contribution < -0.4 is 9.64 Å². The maximum Gasteiger partial charge on any atom is 0.269 e. The maximum absolute atomic E-state index is 13.3. The van der Waals surface area contributed by atoms with Gasteiger partial charge in [-0.3, -0.25) is 24.5 Å². The van der Waals surface area contributed by atoms with Gasteiger partial charge in [-0.15, -0.1) is 0 Å². The molecule has 1 fully saturated rings. The van der Waals surface area contributed by atoms with Crippen LogP contribution in [0, 0.1) is 10.1 Å². The summed E-state index contributed by atoms with van der Waals surface area (Å²) < 4.78 is 15.8. The molecule has 0 spiro atoms. The zero-order chi connectivity index (χ0) is 24.8. The van der Waals surface area contributed by atoms with Crippen LogP contribution in [-0.4, -0.2) is 67.2 Å². The summed E-state index contributed by atoms with van der Waals surface area (Å²) in [6, 6.07) is 10.4. The predicted molar refractivity (Wildman–Crippen MR) is 120 cm³/mol. The molecule has 1 unspecified atom stereocenters. The van der Waals surface area contributed by atoms with E-state index in [0.29, 0.717) is 18.0 Å². The van der Waals surface area contributed by atoms with Gasteiger partial charge >= 0.3 is 0 Å². The van der Waals surface area contributed by atoms with Crippen molar-refractivity contribution in [3.05, 3.63) is 64.2 Å². The van der Waals surface area contributed by atoms with E-state index >= 15 is 0 Å². The number of nitro benzene ring substituents is 1. The fraction of sp³-hybridized carbons (Fsp3) is 0.348. The van der Waals surface area contributed by atoms with Gasteiger partial charge in [-0.1, -0.05) is 0 Å². The first-order chi connectivity index (χ1) is 16.3. The van der Waals surface area contributed by atoms with Crippen LogP contribution in [0.2, 0.25) is 0 Å². The van der Waals surface area contributed by atoms with Crippen molar-refractivity contribution in [2.24, 2.45) is 0 Å². The number of rotatable bonds is 10. The van der Waals surface area contributed by atoms with Gasteiger partial charge < -0.3 is 19.1 Å². The number of hydrogen-bond acceptors (Lipinski definition) is 8. The molecule has 0 N–H and O–H groups in total. The van der Waals surface area contributed by atoms with Crippen molar-refractivity contribution in [2.75, 3.05) is 32.3 Å². The highest BCUT2D eigenvalue weighted by Crippen LogP contribution is 2.29. The number of methoxy groups -OCH3 is 2. The van der Waals surface area contributed by atoms with Gasteiger partial charge in [0.1, 0.15) is 11.8 Å². The van der Waals surface area contributed by atoms with Crippen LogP contribution in [-0.2, 0) is 19.1 Å². The van der Waals surface area contributed by atoms with E-state index in [-0.39, 0.29) is 24.2 Å². The molecule has 1 atom stereocenters. The Kier molecular flexibility index (Phi) is 7.92. The van der Waals surface area contributed by atoms with Crippen LogP contribution in [0.4, 0.5) is 11.4 Å². The summed E-state index contributed by atoms with van der Waals surface area (Å²) in [7, 11) is 2.77. The number of carbonyl (C=O) groups is 3. The Balaban J connectivity index is 1.90. The average molecular weight is 471 g/mol. The zero-order valence-corrected chi connectivity index (χ0v) is 19.0. The zero-order valence-electron chi connectivity index (χ0n) is 19.0. The van der Waals surface area contributed by atoms with Crippen molar-refractivity contribution >= 4 is 29.1 Å². The van der Waals surface area contributed by atoms with E-state index in [9.17, 15) is 24.5 Å². The molecule has 1 saturated heterocycles. The Morgan fingerprint density at radius 3 is 2.26 bits per heavy atom. The number of imide groups is 1. The van der Waals surface area contributed by atoms with Crippen LogP contribution in [0.1, 0.15) is 23.7 Å². The van der Waals surface area contributed by atoms with Crippen molar-refractivity contribution < 1.29 is 33.5 Å². The fourth-order valence-electron chi connectivity index (χ4n) is 3.64. The number of nitro groups is 1. The molecule has 0 saturated carbocycles. The molecule has 1 heterocycles. The van der Waals surface area contributed by atoms with Gasteiger partial charge in [0.25, 0.3) is 17.5 Å². The third-order valence-electron chi connectivity index (χ3n) is 5.36. The van der Waals surface area contributed by atoms with E-state index in [2.05, 4.69) is 0 Å². The molecule has 2 aromatic rings. The van der Waals surface area contributed by atoms with Gasteiger partial charge in [-0.05, 0) is 43.3 Å². The number of carbonyl (C=O) groups excluding carboxylic acids is 3. The van der Waals surface area contributed by atoms with Gasteiger partial charge in [-0.25, -0.2) is 4.90 Å². The minimum Gasteiger partial charge on any atom is -0.494 e. The van der Waals surface area contributed by atoms with Crippen molar-refractivity contribution in [1.82, 2.24) is 4.90 Å². The van der Waals surface area contributed by atoms with Crippen LogP contribution in [0.25, 0.3) is 0 Å². The SMILES string of the molecule is CCOc1ccc(N2C(=O)CC(N(CC(OC)OC)C(=O)c3ccc([N+](=O)[O-])cc3)C2=O)cc1. The summed E-state index contributed by atoms with van der Waals surface area (Å²) in [5.74, 6) is -1.03. The van der Waals surface area contributed by atoms with E-state index in [0.717, 1.165) is 4.90 Å². The number of amides is 3. The van der Waals surface area contributed by atoms with Crippen LogP contribution in [0.3, 0.4) is 0 Å². The number of hydrogen-bond donors (Lipinski definition) is 0. The van der Waals surface area contributed by atoms with Crippen molar-refractivity contribution in [3.8, 4) is 5.75 Å². The Hall–Kier alpha value is -3.83. The Morgan fingerprint density at radius 1 is 1.12 bits per heavy atom. The summed E-state index contributed by atoms with van der Waals surface area (Å²) >= 11 is 0. The molecule has 0 aliphatic carbocycles. The molecule has 0 aromatic heterocycles. The number of ether oxygens (including phenoxy) is 3. The molecule has 0 bridgehead atoms. The van der Waals surface area contributed by atoms with Crippen molar-refractivity contribution in [3.63, 3.8) is 0 Å².